The van der Waals surface area contributed by atoms with Crippen molar-refractivity contribution in [1.29, 1.82) is 0 Å². The van der Waals surface area contributed by atoms with Crippen LogP contribution < -0.4 is 5.56 Å². The van der Waals surface area contributed by atoms with E-state index in [1.807, 2.05) is 42.5 Å². The smallest absolute Gasteiger partial charge is 0.253 e. The van der Waals surface area contributed by atoms with E-state index in [0.29, 0.717) is 44.2 Å². The topological polar surface area (TPSA) is 88.9 Å². The van der Waals surface area contributed by atoms with Crippen LogP contribution in [0.15, 0.2) is 53.3 Å². The Morgan fingerprint density at radius 2 is 1.81 bits per heavy atom. The van der Waals surface area contributed by atoms with Crippen LogP contribution in [0.2, 0.25) is 0 Å². The third-order valence-electron chi connectivity index (χ3n) is 6.17. The molecule has 1 saturated heterocycles. The molecule has 0 amide bonds. The highest BCUT2D eigenvalue weighted by molar-refractivity contribution is 5.81. The minimum Gasteiger partial charge on any atom is -0.379 e. The number of hydrogen-bond acceptors (Lipinski definition) is 6. The van der Waals surface area contributed by atoms with Crippen molar-refractivity contribution < 1.29 is 4.74 Å². The van der Waals surface area contributed by atoms with Gasteiger partial charge in [0, 0.05) is 24.2 Å². The van der Waals surface area contributed by atoms with E-state index < -0.39 is 0 Å². The van der Waals surface area contributed by atoms with Gasteiger partial charge >= 0.3 is 0 Å². The van der Waals surface area contributed by atoms with Gasteiger partial charge in [-0.15, -0.1) is 5.10 Å². The Morgan fingerprint density at radius 1 is 1.06 bits per heavy atom. The molecule has 3 heterocycles. The molecule has 1 N–H and O–H groups in total. The fourth-order valence-electron chi connectivity index (χ4n) is 4.31. The summed E-state index contributed by atoms with van der Waals surface area (Å²) in [5, 5.41) is 13.6. The van der Waals surface area contributed by atoms with Gasteiger partial charge in [-0.25, -0.2) is 4.68 Å². The van der Waals surface area contributed by atoms with Crippen molar-refractivity contribution in [1.82, 2.24) is 30.1 Å². The average molecular weight is 431 g/mol. The van der Waals surface area contributed by atoms with Crippen LogP contribution in [-0.2, 0) is 11.3 Å². The Bertz CT molecular complexity index is 1290. The third kappa shape index (κ3) is 3.94. The first-order chi connectivity index (χ1) is 15.6. The predicted octanol–water partition coefficient (Wildman–Crippen LogP) is 2.60. The van der Waals surface area contributed by atoms with E-state index in [1.54, 1.807) is 4.68 Å². The summed E-state index contributed by atoms with van der Waals surface area (Å²) in [6.45, 7) is 7.30. The van der Waals surface area contributed by atoms with Crippen LogP contribution in [0, 0.1) is 13.8 Å². The number of aromatic amines is 1. The summed E-state index contributed by atoms with van der Waals surface area (Å²) >= 11 is 0. The Labute approximate surface area is 185 Å². The van der Waals surface area contributed by atoms with Gasteiger partial charge in [0.05, 0.1) is 19.8 Å². The molecule has 0 aliphatic carbocycles. The van der Waals surface area contributed by atoms with Crippen LogP contribution in [0.3, 0.4) is 0 Å². The molecule has 32 heavy (non-hydrogen) atoms. The summed E-state index contributed by atoms with van der Waals surface area (Å²) in [5.74, 6) is 0.657. The number of hydrogen-bond donors (Lipinski definition) is 1. The first-order valence-electron chi connectivity index (χ1n) is 10.9. The molecule has 1 aliphatic heterocycles. The zero-order valence-corrected chi connectivity index (χ0v) is 18.3. The van der Waals surface area contributed by atoms with E-state index in [1.165, 1.54) is 5.56 Å². The highest BCUT2D eigenvalue weighted by atomic mass is 16.5. The molecule has 0 bridgehead atoms. The highest BCUT2D eigenvalue weighted by Gasteiger charge is 2.31. The molecule has 5 rings (SSSR count). The van der Waals surface area contributed by atoms with Gasteiger partial charge in [-0.05, 0) is 64.5 Å². The van der Waals surface area contributed by atoms with Crippen molar-refractivity contribution in [3.63, 3.8) is 0 Å². The molecule has 1 fully saturated rings. The molecule has 8 nitrogen and oxygen atoms in total. The first kappa shape index (κ1) is 20.5. The van der Waals surface area contributed by atoms with Gasteiger partial charge in [-0.2, -0.15) is 0 Å². The molecule has 8 heteroatoms. The summed E-state index contributed by atoms with van der Waals surface area (Å²) in [5.41, 5.74) is 4.80. The summed E-state index contributed by atoms with van der Waals surface area (Å²) in [6, 6.07) is 15.8. The molecule has 4 aromatic rings. The number of pyridine rings is 1. The van der Waals surface area contributed by atoms with Gasteiger partial charge in [0.2, 0.25) is 0 Å². The number of nitrogens with zero attached hydrogens (tertiary/aromatic N) is 5. The summed E-state index contributed by atoms with van der Waals surface area (Å²) in [7, 11) is 0. The lowest BCUT2D eigenvalue weighted by molar-refractivity contribution is 0.0214. The monoisotopic (exact) mass is 430 g/mol. The van der Waals surface area contributed by atoms with Gasteiger partial charge < -0.3 is 9.72 Å². The number of H-pyrrole nitrogens is 1. The number of benzene rings is 2. The fourth-order valence-corrected chi connectivity index (χ4v) is 4.31. The van der Waals surface area contributed by atoms with Crippen molar-refractivity contribution in [2.24, 2.45) is 0 Å². The Kier molecular flexibility index (Phi) is 5.55. The number of tetrazole rings is 1. The second kappa shape index (κ2) is 8.64. The maximum Gasteiger partial charge on any atom is 0.253 e. The van der Waals surface area contributed by atoms with E-state index in [4.69, 9.17) is 4.74 Å². The van der Waals surface area contributed by atoms with Gasteiger partial charge in [-0.3, -0.25) is 9.69 Å². The zero-order chi connectivity index (χ0) is 22.1. The quantitative estimate of drug-likeness (QED) is 0.524. The van der Waals surface area contributed by atoms with Crippen LogP contribution in [-0.4, -0.2) is 56.4 Å². The van der Waals surface area contributed by atoms with Gasteiger partial charge in [0.15, 0.2) is 5.82 Å². The number of aryl methyl sites for hydroxylation is 2. The summed E-state index contributed by atoms with van der Waals surface area (Å²) in [6.07, 6.45) is 0. The summed E-state index contributed by atoms with van der Waals surface area (Å²) in [4.78, 5) is 18.6. The molecular weight excluding hydrogens is 404 g/mol. The molecule has 1 atom stereocenters. The fraction of sp³-hybridized carbons (Fsp3) is 0.333. The lowest BCUT2D eigenvalue weighted by atomic mass is 10.0. The van der Waals surface area contributed by atoms with Crippen molar-refractivity contribution in [3.05, 3.63) is 87.0 Å². The lowest BCUT2D eigenvalue weighted by Crippen LogP contribution is -2.42. The maximum atomic E-state index is 13.3. The Balaban J connectivity index is 1.63. The minimum atomic E-state index is -0.368. The molecular formula is C24H26N6O2. The average Bonchev–Trinajstić information content (AvgIpc) is 3.25. The number of morpholine rings is 1. The van der Waals surface area contributed by atoms with E-state index >= 15 is 0 Å². The lowest BCUT2D eigenvalue weighted by Gasteiger charge is -2.33. The van der Waals surface area contributed by atoms with Gasteiger partial charge in [0.1, 0.15) is 6.04 Å². The third-order valence-corrected chi connectivity index (χ3v) is 6.17. The van der Waals surface area contributed by atoms with Crippen LogP contribution in [0.25, 0.3) is 10.9 Å². The molecule has 2 aromatic carbocycles. The second-order valence-electron chi connectivity index (χ2n) is 8.31. The van der Waals surface area contributed by atoms with E-state index in [0.717, 1.165) is 22.0 Å². The molecule has 0 radical (unpaired) electrons. The van der Waals surface area contributed by atoms with Crippen molar-refractivity contribution in [2.45, 2.75) is 26.4 Å². The molecule has 164 valence electrons. The van der Waals surface area contributed by atoms with Crippen molar-refractivity contribution in [3.8, 4) is 0 Å². The highest BCUT2D eigenvalue weighted by Crippen LogP contribution is 2.28. The van der Waals surface area contributed by atoms with E-state index in [2.05, 4.69) is 45.3 Å². The van der Waals surface area contributed by atoms with Crippen molar-refractivity contribution in [2.75, 3.05) is 26.3 Å². The molecule has 0 unspecified atom stereocenters. The van der Waals surface area contributed by atoms with Crippen LogP contribution in [0.4, 0.5) is 0 Å². The van der Waals surface area contributed by atoms with Crippen LogP contribution >= 0.6 is 0 Å². The van der Waals surface area contributed by atoms with Crippen molar-refractivity contribution >= 4 is 10.9 Å². The SMILES string of the molecule is Cc1cc2cc([C@@H](c3nnnn3Cc3ccccc3)N3CCOCC3)c(=O)[nH]c2cc1C. The molecule has 1 aliphatic rings. The van der Waals surface area contributed by atoms with Gasteiger partial charge in [0.25, 0.3) is 5.56 Å². The molecule has 2 aromatic heterocycles. The largest absolute Gasteiger partial charge is 0.379 e. The zero-order valence-electron chi connectivity index (χ0n) is 18.3. The van der Waals surface area contributed by atoms with E-state index in [9.17, 15) is 4.79 Å². The number of aromatic nitrogens is 5. The first-order valence-corrected chi connectivity index (χ1v) is 10.9. The normalized spacial score (nSPS) is 15.8. The van der Waals surface area contributed by atoms with E-state index in [-0.39, 0.29) is 11.6 Å². The Hall–Kier alpha value is -3.36. The second-order valence-corrected chi connectivity index (χ2v) is 8.31. The van der Waals surface area contributed by atoms with Gasteiger partial charge in [-0.1, -0.05) is 30.3 Å². The summed E-state index contributed by atoms with van der Waals surface area (Å²) < 4.78 is 7.36. The Morgan fingerprint density at radius 3 is 2.59 bits per heavy atom. The number of fused-ring (bicyclic) bond motifs is 1. The minimum absolute atomic E-state index is 0.119. The number of rotatable bonds is 5. The molecule has 0 saturated carbocycles. The van der Waals surface area contributed by atoms with Crippen LogP contribution in [0.5, 0.6) is 0 Å². The standard InChI is InChI=1S/C24H26N6O2/c1-16-12-19-14-20(24(31)25-21(19)13-17(16)2)22(29-8-10-32-11-9-29)23-26-27-28-30(23)15-18-6-4-3-5-7-18/h3-7,12-14,22H,8-11,15H2,1-2H3,(H,25,31)/t22-/m0/s1. The maximum absolute atomic E-state index is 13.3. The van der Waals surface area contributed by atoms with Crippen LogP contribution in [0.1, 0.15) is 34.1 Å². The number of nitrogens with one attached hydrogen (secondary N) is 1. The molecule has 0 spiro atoms. The number of ether oxygens (including phenoxy) is 1. The predicted molar refractivity (Wildman–Crippen MR) is 122 cm³/mol.